The van der Waals surface area contributed by atoms with E-state index in [0.717, 1.165) is 25.7 Å². The maximum Gasteiger partial charge on any atom is 0.328 e. The quantitative estimate of drug-likeness (QED) is 0.137. The second-order valence-electron chi connectivity index (χ2n) is 5.66. The lowest BCUT2D eigenvalue weighted by atomic mass is 10.1. The van der Waals surface area contributed by atoms with Crippen LogP contribution in [0.1, 0.15) is 42.5 Å². The molecule has 1 aromatic rings. The van der Waals surface area contributed by atoms with Crippen LogP contribution in [0, 0.1) is 0 Å². The third kappa shape index (κ3) is 8.35. The van der Waals surface area contributed by atoms with Crippen LogP contribution >= 0.6 is 23.2 Å². The molecule has 0 spiro atoms. The van der Waals surface area contributed by atoms with Gasteiger partial charge in [-0.3, -0.25) is 4.79 Å². The molecule has 146 valence electrons. The Hall–Kier alpha value is -2.21. The first-order valence-electron chi connectivity index (χ1n) is 8.49. The molecule has 0 aliphatic carbocycles. The number of hydrogen-bond acceptors (Lipinski definition) is 4. The smallest absolute Gasteiger partial charge is 0.328 e. The predicted molar refractivity (Wildman–Crippen MR) is 106 cm³/mol. The van der Waals surface area contributed by atoms with Crippen LogP contribution < -0.4 is 5.32 Å². The Morgan fingerprint density at radius 1 is 1.26 bits per heavy atom. The van der Waals surface area contributed by atoms with E-state index in [0.29, 0.717) is 13.0 Å². The molecule has 0 aliphatic rings. The molecule has 0 aromatic heterocycles. The van der Waals surface area contributed by atoms with Gasteiger partial charge in [0.25, 0.3) is 5.91 Å². The monoisotopic (exact) mass is 412 g/mol. The first-order valence-corrected chi connectivity index (χ1v) is 9.25. The van der Waals surface area contributed by atoms with Gasteiger partial charge in [0.2, 0.25) is 0 Å². The van der Waals surface area contributed by atoms with Crippen molar-refractivity contribution in [3.8, 4) is 0 Å². The van der Waals surface area contributed by atoms with Gasteiger partial charge in [-0.15, -0.1) is 0 Å². The molecule has 1 N–H and O–H groups in total. The first kappa shape index (κ1) is 22.8. The normalized spacial score (nSPS) is 11.7. The van der Waals surface area contributed by atoms with Crippen molar-refractivity contribution in [2.45, 2.75) is 38.1 Å². The van der Waals surface area contributed by atoms with Gasteiger partial charge >= 0.3 is 5.97 Å². The van der Waals surface area contributed by atoms with E-state index in [1.165, 1.54) is 7.11 Å². The van der Waals surface area contributed by atoms with Gasteiger partial charge in [-0.05, 0) is 43.3 Å². The average molecular weight is 413 g/mol. The Bertz CT molecular complexity index is 698. The number of rotatable bonds is 11. The highest BCUT2D eigenvalue weighted by atomic mass is 35.5. The average Bonchev–Trinajstić information content (AvgIpc) is 2.65. The fourth-order valence-corrected chi connectivity index (χ4v) is 2.89. The van der Waals surface area contributed by atoms with E-state index in [-0.39, 0.29) is 15.6 Å². The molecule has 9 heteroatoms. The number of unbranched alkanes of at least 4 members (excludes halogenated alkanes) is 3. The Balaban J connectivity index is 2.56. The second kappa shape index (κ2) is 13.0. The summed E-state index contributed by atoms with van der Waals surface area (Å²) >= 11 is 12.1. The van der Waals surface area contributed by atoms with Gasteiger partial charge in [-0.1, -0.05) is 53.0 Å². The highest BCUT2D eigenvalue weighted by Crippen LogP contribution is 2.24. The molecular weight excluding hydrogens is 391 g/mol. The minimum Gasteiger partial charge on any atom is -0.467 e. The molecule has 0 aliphatic heterocycles. The van der Waals surface area contributed by atoms with Crippen LogP contribution in [0.15, 0.2) is 35.5 Å². The van der Waals surface area contributed by atoms with E-state index in [1.54, 1.807) is 18.2 Å². The summed E-state index contributed by atoms with van der Waals surface area (Å²) in [6.07, 6.45) is 7.63. The van der Waals surface area contributed by atoms with Crippen molar-refractivity contribution in [1.82, 2.24) is 5.32 Å². The number of esters is 1. The highest BCUT2D eigenvalue weighted by molar-refractivity contribution is 6.39. The number of carbonyl (C=O) groups excluding carboxylic acids is 2. The third-order valence-corrected chi connectivity index (χ3v) is 4.34. The van der Waals surface area contributed by atoms with Gasteiger partial charge in [0.15, 0.2) is 0 Å². The minimum atomic E-state index is -0.837. The lowest BCUT2D eigenvalue weighted by Crippen LogP contribution is -2.41. The molecule has 0 saturated carbocycles. The molecule has 1 aromatic carbocycles. The zero-order chi connectivity index (χ0) is 20.1. The molecule has 1 atom stereocenters. The number of amides is 1. The van der Waals surface area contributed by atoms with Crippen molar-refractivity contribution in [3.05, 3.63) is 56.4 Å². The number of azide groups is 1. The summed E-state index contributed by atoms with van der Waals surface area (Å²) in [5.74, 6) is -1.09. The van der Waals surface area contributed by atoms with Crippen molar-refractivity contribution in [2.24, 2.45) is 5.11 Å². The van der Waals surface area contributed by atoms with Crippen LogP contribution in [0.3, 0.4) is 0 Å². The van der Waals surface area contributed by atoms with Crippen molar-refractivity contribution >= 4 is 35.1 Å². The van der Waals surface area contributed by atoms with Gasteiger partial charge in [0.05, 0.1) is 22.7 Å². The lowest BCUT2D eigenvalue weighted by Gasteiger charge is -2.16. The van der Waals surface area contributed by atoms with Crippen LogP contribution in [0.5, 0.6) is 0 Å². The van der Waals surface area contributed by atoms with Crippen LogP contribution in [0.25, 0.3) is 10.4 Å². The van der Waals surface area contributed by atoms with E-state index in [2.05, 4.69) is 15.3 Å². The topological polar surface area (TPSA) is 104 Å². The predicted octanol–water partition coefficient (Wildman–Crippen LogP) is 5.08. The Labute approximate surface area is 168 Å². The summed E-state index contributed by atoms with van der Waals surface area (Å²) in [5, 5.41) is 6.50. The zero-order valence-electron chi connectivity index (χ0n) is 15.0. The number of methoxy groups -OCH3 is 1. The van der Waals surface area contributed by atoms with Crippen molar-refractivity contribution in [2.75, 3.05) is 13.7 Å². The number of ether oxygens (including phenoxy) is 1. The maximum atomic E-state index is 12.4. The molecule has 1 rings (SSSR count). The Morgan fingerprint density at radius 2 is 1.96 bits per heavy atom. The van der Waals surface area contributed by atoms with Crippen LogP contribution in [0.2, 0.25) is 10.0 Å². The fraction of sp³-hybridized carbons (Fsp3) is 0.444. The minimum absolute atomic E-state index is 0.124. The summed E-state index contributed by atoms with van der Waals surface area (Å²) in [7, 11) is 1.26. The highest BCUT2D eigenvalue weighted by Gasteiger charge is 2.23. The maximum absolute atomic E-state index is 12.4. The standard InChI is InChI=1S/C18H22Cl2N4O3/c1-27-18(26)15(11-6-4-2-3-5-7-12-22-24-21)23-17(25)16-13(19)9-8-10-14(16)20/h4,6,8-10,15H,2-3,5,7,11-12H2,1H3,(H,23,25)/b6-4+/t15-/m0/s1. The van der Waals surface area contributed by atoms with Gasteiger partial charge in [0, 0.05) is 11.5 Å². The van der Waals surface area contributed by atoms with Crippen molar-refractivity contribution < 1.29 is 14.3 Å². The number of allylic oxidation sites excluding steroid dienone is 1. The molecule has 0 fully saturated rings. The number of nitrogens with zero attached hydrogens (tertiary/aromatic N) is 3. The van der Waals surface area contributed by atoms with Crippen LogP contribution in [-0.2, 0) is 9.53 Å². The summed E-state index contributed by atoms with van der Waals surface area (Å²) in [6, 6.07) is 3.90. The number of carbonyl (C=O) groups is 2. The number of hydrogen-bond donors (Lipinski definition) is 1. The molecule has 0 unspecified atom stereocenters. The van der Waals surface area contributed by atoms with E-state index < -0.39 is 17.9 Å². The summed E-state index contributed by atoms with van der Waals surface area (Å²) in [4.78, 5) is 27.1. The third-order valence-electron chi connectivity index (χ3n) is 3.71. The first-order chi connectivity index (χ1) is 13.0. The van der Waals surface area contributed by atoms with E-state index in [9.17, 15) is 9.59 Å². The van der Waals surface area contributed by atoms with Crippen molar-refractivity contribution in [1.29, 1.82) is 0 Å². The summed E-state index contributed by atoms with van der Waals surface area (Å²) in [5.41, 5.74) is 8.31. The molecule has 0 radical (unpaired) electrons. The molecule has 27 heavy (non-hydrogen) atoms. The second-order valence-corrected chi connectivity index (χ2v) is 6.47. The van der Waals surface area contributed by atoms with Gasteiger partial charge in [0.1, 0.15) is 6.04 Å². The largest absolute Gasteiger partial charge is 0.467 e. The fourth-order valence-electron chi connectivity index (χ4n) is 2.32. The number of benzene rings is 1. The Kier molecular flexibility index (Phi) is 11.0. The molecular formula is C18H22Cl2N4O3. The van der Waals surface area contributed by atoms with Crippen LogP contribution in [-0.4, -0.2) is 31.6 Å². The summed E-state index contributed by atoms with van der Waals surface area (Å²) < 4.78 is 4.75. The summed E-state index contributed by atoms with van der Waals surface area (Å²) in [6.45, 7) is 0.501. The molecule has 7 nitrogen and oxygen atoms in total. The zero-order valence-corrected chi connectivity index (χ0v) is 16.5. The van der Waals surface area contributed by atoms with Gasteiger partial charge < -0.3 is 10.1 Å². The van der Waals surface area contributed by atoms with Crippen molar-refractivity contribution in [3.63, 3.8) is 0 Å². The number of nitrogens with one attached hydrogen (secondary N) is 1. The SMILES string of the molecule is COC(=O)[C@H](C/C=C/CCCCCN=[N+]=[N-])NC(=O)c1c(Cl)cccc1Cl. The van der Waals surface area contributed by atoms with E-state index >= 15 is 0 Å². The van der Waals surface area contributed by atoms with E-state index in [1.807, 2.05) is 12.2 Å². The molecule has 0 bridgehead atoms. The molecule has 1 amide bonds. The Morgan fingerprint density at radius 3 is 2.59 bits per heavy atom. The van der Waals surface area contributed by atoms with Crippen LogP contribution in [0.4, 0.5) is 0 Å². The molecule has 0 saturated heterocycles. The molecule has 0 heterocycles. The van der Waals surface area contributed by atoms with Gasteiger partial charge in [-0.2, -0.15) is 0 Å². The number of halogens is 2. The van der Waals surface area contributed by atoms with Gasteiger partial charge in [-0.25, -0.2) is 4.79 Å². The lowest BCUT2D eigenvalue weighted by molar-refractivity contribution is -0.142. The van der Waals surface area contributed by atoms with E-state index in [4.69, 9.17) is 33.5 Å².